The van der Waals surface area contributed by atoms with Gasteiger partial charge in [-0.25, -0.2) is 0 Å². The quantitative estimate of drug-likeness (QED) is 0.927. The number of benzene rings is 1. The average Bonchev–Trinajstić information content (AvgIpc) is 2.74. The Morgan fingerprint density at radius 3 is 2.90 bits per heavy atom. The number of hydrogen-bond acceptors (Lipinski definition) is 4. The smallest absolute Gasteiger partial charge is 0.0590 e. The first-order chi connectivity index (χ1) is 10.4. The monoisotopic (exact) mass is 282 g/mol. The summed E-state index contributed by atoms with van der Waals surface area (Å²) in [6.07, 6.45) is 6.39. The fourth-order valence-electron chi connectivity index (χ4n) is 2.92. The van der Waals surface area contributed by atoms with Crippen LogP contribution in [0.3, 0.4) is 0 Å². The summed E-state index contributed by atoms with van der Waals surface area (Å²) < 4.78 is 0. The molecule has 0 spiro atoms. The van der Waals surface area contributed by atoms with Crippen molar-refractivity contribution in [2.45, 2.75) is 13.0 Å². The molecule has 0 amide bonds. The molecular weight excluding hydrogens is 260 g/mol. The van der Waals surface area contributed by atoms with Gasteiger partial charge < -0.3 is 5.32 Å². The van der Waals surface area contributed by atoms with E-state index in [4.69, 9.17) is 0 Å². The number of hydrogen-bond donors (Lipinski definition) is 1. The van der Waals surface area contributed by atoms with Gasteiger partial charge in [0.15, 0.2) is 0 Å². The number of aromatic nitrogens is 2. The summed E-state index contributed by atoms with van der Waals surface area (Å²) >= 11 is 0. The van der Waals surface area contributed by atoms with E-state index in [1.165, 1.54) is 5.56 Å². The number of nitrogens with one attached hydrogen (secondary N) is 1. The third-order valence-electron chi connectivity index (χ3n) is 3.92. The maximum atomic E-state index is 4.40. The zero-order valence-electron chi connectivity index (χ0n) is 12.3. The Hall–Kier alpha value is -1.78. The van der Waals surface area contributed by atoms with Crippen LogP contribution in [-0.2, 0) is 13.0 Å². The third kappa shape index (κ3) is 4.34. The van der Waals surface area contributed by atoms with Gasteiger partial charge in [-0.15, -0.1) is 0 Å². The largest absolute Gasteiger partial charge is 0.315 e. The van der Waals surface area contributed by atoms with Crippen molar-refractivity contribution < 1.29 is 0 Å². The van der Waals surface area contributed by atoms with Crippen LogP contribution in [0.1, 0.15) is 11.3 Å². The van der Waals surface area contributed by atoms with Crippen molar-refractivity contribution >= 4 is 0 Å². The van der Waals surface area contributed by atoms with Gasteiger partial charge in [-0.05, 0) is 24.4 Å². The Morgan fingerprint density at radius 1 is 1.19 bits per heavy atom. The van der Waals surface area contributed by atoms with Crippen LogP contribution in [-0.4, -0.2) is 41.0 Å². The van der Waals surface area contributed by atoms with Crippen LogP contribution < -0.4 is 5.32 Å². The van der Waals surface area contributed by atoms with Crippen molar-refractivity contribution in [1.29, 1.82) is 0 Å². The summed E-state index contributed by atoms with van der Waals surface area (Å²) in [5.41, 5.74) is 2.48. The zero-order chi connectivity index (χ0) is 14.3. The minimum Gasteiger partial charge on any atom is -0.315 e. The van der Waals surface area contributed by atoms with Gasteiger partial charge in [0, 0.05) is 44.8 Å². The molecule has 0 aliphatic carbocycles. The molecule has 1 atom stereocenters. The van der Waals surface area contributed by atoms with Crippen molar-refractivity contribution in [1.82, 2.24) is 20.2 Å². The fourth-order valence-corrected chi connectivity index (χ4v) is 2.92. The minimum absolute atomic E-state index is 0.591. The predicted octanol–water partition coefficient (Wildman–Crippen LogP) is 1.74. The van der Waals surface area contributed by atoms with E-state index < -0.39 is 0 Å². The van der Waals surface area contributed by atoms with Gasteiger partial charge in [0.2, 0.25) is 0 Å². The van der Waals surface area contributed by atoms with E-state index in [-0.39, 0.29) is 0 Å². The molecule has 2 heterocycles. The second kappa shape index (κ2) is 7.29. The van der Waals surface area contributed by atoms with Crippen LogP contribution in [0.25, 0.3) is 0 Å². The van der Waals surface area contributed by atoms with E-state index in [1.54, 1.807) is 12.4 Å². The lowest BCUT2D eigenvalue weighted by molar-refractivity contribution is 0.248. The van der Waals surface area contributed by atoms with E-state index in [0.717, 1.165) is 44.8 Å². The lowest BCUT2D eigenvalue weighted by atomic mass is 10.0. The number of rotatable bonds is 4. The molecule has 0 bridgehead atoms. The molecular formula is C17H22N4. The summed E-state index contributed by atoms with van der Waals surface area (Å²) in [6.45, 7) is 5.36. The Kier molecular flexibility index (Phi) is 4.92. The molecule has 1 aliphatic rings. The SMILES string of the molecule is c1ccc(CN2CCNC[C@H](Cc3cnccn3)C2)cc1. The van der Waals surface area contributed by atoms with Gasteiger partial charge in [0.1, 0.15) is 0 Å². The Balaban J connectivity index is 1.61. The molecule has 4 nitrogen and oxygen atoms in total. The second-order valence-electron chi connectivity index (χ2n) is 5.69. The van der Waals surface area contributed by atoms with Gasteiger partial charge >= 0.3 is 0 Å². The van der Waals surface area contributed by atoms with Gasteiger partial charge in [-0.2, -0.15) is 0 Å². The second-order valence-corrected chi connectivity index (χ2v) is 5.69. The first-order valence-corrected chi connectivity index (χ1v) is 7.62. The van der Waals surface area contributed by atoms with Gasteiger partial charge in [0.05, 0.1) is 5.69 Å². The van der Waals surface area contributed by atoms with Crippen molar-refractivity contribution in [3.8, 4) is 0 Å². The molecule has 1 fully saturated rings. The molecule has 1 aromatic heterocycles. The summed E-state index contributed by atoms with van der Waals surface area (Å²) in [7, 11) is 0. The Bertz CT molecular complexity index is 480. The van der Waals surface area contributed by atoms with Crippen molar-refractivity contribution in [2.24, 2.45) is 5.92 Å². The molecule has 3 rings (SSSR count). The first-order valence-electron chi connectivity index (χ1n) is 7.62. The maximum absolute atomic E-state index is 4.40. The highest BCUT2D eigenvalue weighted by molar-refractivity contribution is 5.14. The lowest BCUT2D eigenvalue weighted by Crippen LogP contribution is -2.30. The van der Waals surface area contributed by atoms with Gasteiger partial charge in [-0.3, -0.25) is 14.9 Å². The zero-order valence-corrected chi connectivity index (χ0v) is 12.3. The fraction of sp³-hybridized carbons (Fsp3) is 0.412. The van der Waals surface area contributed by atoms with Crippen LogP contribution in [0.5, 0.6) is 0 Å². The van der Waals surface area contributed by atoms with E-state index in [2.05, 4.69) is 50.5 Å². The molecule has 0 radical (unpaired) electrons. The van der Waals surface area contributed by atoms with Crippen LogP contribution >= 0.6 is 0 Å². The predicted molar refractivity (Wildman–Crippen MR) is 83.8 cm³/mol. The topological polar surface area (TPSA) is 41.0 Å². The minimum atomic E-state index is 0.591. The van der Waals surface area contributed by atoms with Crippen molar-refractivity contribution in [3.63, 3.8) is 0 Å². The molecule has 1 saturated heterocycles. The van der Waals surface area contributed by atoms with Crippen LogP contribution in [0.2, 0.25) is 0 Å². The molecule has 1 N–H and O–H groups in total. The average molecular weight is 282 g/mol. The molecule has 1 aromatic carbocycles. The van der Waals surface area contributed by atoms with Crippen LogP contribution in [0.4, 0.5) is 0 Å². The van der Waals surface area contributed by atoms with Crippen molar-refractivity contribution in [3.05, 3.63) is 60.2 Å². The highest BCUT2D eigenvalue weighted by atomic mass is 15.2. The Morgan fingerprint density at radius 2 is 2.10 bits per heavy atom. The van der Waals surface area contributed by atoms with Crippen LogP contribution in [0, 0.1) is 5.92 Å². The number of nitrogens with zero attached hydrogens (tertiary/aromatic N) is 3. The molecule has 0 saturated carbocycles. The Labute approximate surface area is 126 Å². The normalized spacial score (nSPS) is 20.1. The molecule has 1 aliphatic heterocycles. The van der Waals surface area contributed by atoms with E-state index in [0.29, 0.717) is 5.92 Å². The van der Waals surface area contributed by atoms with Crippen molar-refractivity contribution in [2.75, 3.05) is 26.2 Å². The summed E-state index contributed by atoms with van der Waals surface area (Å²) in [4.78, 5) is 11.1. The third-order valence-corrected chi connectivity index (χ3v) is 3.92. The van der Waals surface area contributed by atoms with E-state index in [1.807, 2.05) is 6.20 Å². The summed E-state index contributed by atoms with van der Waals surface area (Å²) in [6, 6.07) is 10.7. The standard InChI is InChI=1S/C17H22N4/c1-2-4-15(5-3-1)13-21-9-8-19-11-16(14-21)10-17-12-18-6-7-20-17/h1-7,12,16,19H,8-11,13-14H2/t16-/m0/s1. The highest BCUT2D eigenvalue weighted by Crippen LogP contribution is 2.12. The molecule has 110 valence electrons. The van der Waals surface area contributed by atoms with Crippen LogP contribution in [0.15, 0.2) is 48.9 Å². The lowest BCUT2D eigenvalue weighted by Gasteiger charge is -2.23. The summed E-state index contributed by atoms with van der Waals surface area (Å²) in [5.74, 6) is 0.591. The van der Waals surface area contributed by atoms with E-state index >= 15 is 0 Å². The molecule has 21 heavy (non-hydrogen) atoms. The highest BCUT2D eigenvalue weighted by Gasteiger charge is 2.18. The van der Waals surface area contributed by atoms with E-state index in [9.17, 15) is 0 Å². The molecule has 4 heteroatoms. The first kappa shape index (κ1) is 14.2. The van der Waals surface area contributed by atoms with Gasteiger partial charge in [-0.1, -0.05) is 30.3 Å². The van der Waals surface area contributed by atoms with Gasteiger partial charge in [0.25, 0.3) is 0 Å². The molecule has 0 unspecified atom stereocenters. The summed E-state index contributed by atoms with van der Waals surface area (Å²) in [5, 5.41) is 3.54. The molecule has 2 aromatic rings. The maximum Gasteiger partial charge on any atom is 0.0590 e.